The monoisotopic (exact) mass is 427 g/mol. The van der Waals surface area contributed by atoms with E-state index in [2.05, 4.69) is 21.2 Å². The topological polar surface area (TPSA) is 56.8 Å². The molecule has 6 heteroatoms. The van der Waals surface area contributed by atoms with Crippen LogP contribution in [0.2, 0.25) is 0 Å². The molecule has 5 nitrogen and oxygen atoms in total. The zero-order chi connectivity index (χ0) is 19.2. The first-order chi connectivity index (χ1) is 13.1. The van der Waals surface area contributed by atoms with Crippen LogP contribution in [0.1, 0.15) is 10.4 Å². The number of amides is 1. The molecule has 0 aromatic heterocycles. The Kier molecular flexibility index (Phi) is 5.98. The van der Waals surface area contributed by atoms with Gasteiger partial charge in [-0.25, -0.2) is 0 Å². The quantitative estimate of drug-likeness (QED) is 0.563. The van der Waals surface area contributed by atoms with Crippen LogP contribution in [-0.2, 0) is 0 Å². The predicted molar refractivity (Wildman–Crippen MR) is 108 cm³/mol. The summed E-state index contributed by atoms with van der Waals surface area (Å²) in [7, 11) is 3.08. The van der Waals surface area contributed by atoms with Crippen molar-refractivity contribution in [2.24, 2.45) is 0 Å². The summed E-state index contributed by atoms with van der Waals surface area (Å²) in [6.07, 6.45) is 0. The zero-order valence-corrected chi connectivity index (χ0v) is 16.4. The highest BCUT2D eigenvalue weighted by atomic mass is 79.9. The third-order valence-electron chi connectivity index (χ3n) is 3.78. The van der Waals surface area contributed by atoms with Crippen LogP contribution in [0.3, 0.4) is 0 Å². The number of hydrogen-bond acceptors (Lipinski definition) is 4. The molecular weight excluding hydrogens is 410 g/mol. The first-order valence-corrected chi connectivity index (χ1v) is 8.94. The van der Waals surface area contributed by atoms with Gasteiger partial charge in [0.15, 0.2) is 0 Å². The second-order valence-electron chi connectivity index (χ2n) is 5.64. The highest BCUT2D eigenvalue weighted by molar-refractivity contribution is 9.10. The third-order valence-corrected chi connectivity index (χ3v) is 4.30. The molecule has 0 aliphatic carbocycles. The van der Waals surface area contributed by atoms with E-state index in [1.54, 1.807) is 56.7 Å². The van der Waals surface area contributed by atoms with Crippen molar-refractivity contribution in [1.82, 2.24) is 0 Å². The van der Waals surface area contributed by atoms with E-state index >= 15 is 0 Å². The predicted octanol–water partition coefficient (Wildman–Crippen LogP) is 5.51. The number of nitrogens with one attached hydrogen (secondary N) is 1. The van der Waals surface area contributed by atoms with Crippen LogP contribution >= 0.6 is 15.9 Å². The molecule has 1 amide bonds. The van der Waals surface area contributed by atoms with Crippen molar-refractivity contribution in [1.29, 1.82) is 0 Å². The van der Waals surface area contributed by atoms with Crippen molar-refractivity contribution in [2.45, 2.75) is 0 Å². The van der Waals surface area contributed by atoms with Crippen LogP contribution in [0, 0.1) is 0 Å². The van der Waals surface area contributed by atoms with Crippen LogP contribution in [0.4, 0.5) is 5.69 Å². The van der Waals surface area contributed by atoms with Gasteiger partial charge >= 0.3 is 0 Å². The van der Waals surface area contributed by atoms with Gasteiger partial charge in [-0.05, 0) is 60.7 Å². The second kappa shape index (κ2) is 8.60. The van der Waals surface area contributed by atoms with E-state index in [0.717, 1.165) is 10.2 Å². The number of carbonyl (C=O) groups excluding carboxylic acids is 1. The number of hydrogen-bond donors (Lipinski definition) is 1. The normalized spacial score (nSPS) is 10.2. The molecule has 0 atom stereocenters. The highest BCUT2D eigenvalue weighted by Gasteiger charge is 2.10. The van der Waals surface area contributed by atoms with E-state index in [9.17, 15) is 4.79 Å². The van der Waals surface area contributed by atoms with Gasteiger partial charge < -0.3 is 19.5 Å². The van der Waals surface area contributed by atoms with E-state index in [4.69, 9.17) is 14.2 Å². The van der Waals surface area contributed by atoms with Gasteiger partial charge in [-0.2, -0.15) is 0 Å². The lowest BCUT2D eigenvalue weighted by Gasteiger charge is -2.10. The van der Waals surface area contributed by atoms with Crippen molar-refractivity contribution in [3.05, 3.63) is 76.8 Å². The molecule has 0 saturated carbocycles. The molecule has 0 bridgehead atoms. The standard InChI is InChI=1S/C21H18BrNO4/c1-25-19-11-14(12-20(13-19)26-2)21(24)23-16-5-9-18(10-6-16)27-17-7-3-15(22)4-8-17/h3-13H,1-2H3,(H,23,24). The summed E-state index contributed by atoms with van der Waals surface area (Å²) in [5.41, 5.74) is 1.10. The lowest BCUT2D eigenvalue weighted by Crippen LogP contribution is -2.12. The Morgan fingerprint density at radius 2 is 1.30 bits per heavy atom. The molecule has 3 aromatic rings. The van der Waals surface area contributed by atoms with Crippen LogP contribution in [0.25, 0.3) is 0 Å². The number of anilines is 1. The maximum absolute atomic E-state index is 12.5. The number of methoxy groups -OCH3 is 2. The van der Waals surface area contributed by atoms with Gasteiger partial charge in [-0.1, -0.05) is 15.9 Å². The minimum Gasteiger partial charge on any atom is -0.497 e. The molecule has 3 aromatic carbocycles. The largest absolute Gasteiger partial charge is 0.497 e. The molecule has 0 saturated heterocycles. The van der Waals surface area contributed by atoms with Crippen LogP contribution < -0.4 is 19.5 Å². The minimum absolute atomic E-state index is 0.256. The highest BCUT2D eigenvalue weighted by Crippen LogP contribution is 2.26. The molecule has 0 heterocycles. The van der Waals surface area contributed by atoms with Gasteiger partial charge in [0.05, 0.1) is 14.2 Å². The first kappa shape index (κ1) is 18.8. The molecule has 0 fully saturated rings. The number of carbonyl (C=O) groups is 1. The van der Waals surface area contributed by atoms with Crippen molar-refractivity contribution in [3.8, 4) is 23.0 Å². The van der Waals surface area contributed by atoms with Gasteiger partial charge in [-0.3, -0.25) is 4.79 Å². The number of rotatable bonds is 6. The second-order valence-corrected chi connectivity index (χ2v) is 6.55. The molecule has 0 spiro atoms. The maximum atomic E-state index is 12.5. The van der Waals surface area contributed by atoms with Crippen LogP contribution in [0.15, 0.2) is 71.2 Å². The lowest BCUT2D eigenvalue weighted by molar-refractivity contribution is 0.102. The Balaban J connectivity index is 1.69. The summed E-state index contributed by atoms with van der Waals surface area (Å²) < 4.78 is 17.2. The Bertz CT molecular complexity index is 902. The van der Waals surface area contributed by atoms with Crippen molar-refractivity contribution in [3.63, 3.8) is 0 Å². The zero-order valence-electron chi connectivity index (χ0n) is 14.9. The van der Waals surface area contributed by atoms with Crippen molar-refractivity contribution in [2.75, 3.05) is 19.5 Å². The van der Waals surface area contributed by atoms with Gasteiger partial charge in [0, 0.05) is 21.8 Å². The SMILES string of the molecule is COc1cc(OC)cc(C(=O)Nc2ccc(Oc3ccc(Br)cc3)cc2)c1. The van der Waals surface area contributed by atoms with E-state index in [-0.39, 0.29) is 5.91 Å². The van der Waals surface area contributed by atoms with E-state index in [1.807, 2.05) is 24.3 Å². The number of halogens is 1. The average Bonchev–Trinajstić information content (AvgIpc) is 2.70. The molecule has 138 valence electrons. The molecule has 0 aliphatic rings. The van der Waals surface area contributed by atoms with Crippen LogP contribution in [-0.4, -0.2) is 20.1 Å². The fraction of sp³-hybridized carbons (Fsp3) is 0.0952. The molecule has 27 heavy (non-hydrogen) atoms. The third kappa shape index (κ3) is 5.01. The summed E-state index contributed by atoms with van der Waals surface area (Å²) in [5.74, 6) is 2.26. The van der Waals surface area contributed by atoms with Gasteiger partial charge in [0.25, 0.3) is 5.91 Å². The fourth-order valence-corrected chi connectivity index (χ4v) is 2.65. The molecule has 1 N–H and O–H groups in total. The average molecular weight is 428 g/mol. The summed E-state index contributed by atoms with van der Waals surface area (Å²) >= 11 is 3.39. The van der Waals surface area contributed by atoms with Crippen molar-refractivity contribution >= 4 is 27.5 Å². The summed E-state index contributed by atoms with van der Waals surface area (Å²) in [6.45, 7) is 0. The van der Waals surface area contributed by atoms with Gasteiger partial charge in [-0.15, -0.1) is 0 Å². The van der Waals surface area contributed by atoms with E-state index in [0.29, 0.717) is 28.5 Å². The maximum Gasteiger partial charge on any atom is 0.255 e. The smallest absolute Gasteiger partial charge is 0.255 e. The summed E-state index contributed by atoms with van der Waals surface area (Å²) in [6, 6.07) is 19.7. The van der Waals surface area contributed by atoms with E-state index < -0.39 is 0 Å². The lowest BCUT2D eigenvalue weighted by atomic mass is 10.1. The number of ether oxygens (including phenoxy) is 3. The Hall–Kier alpha value is -2.99. The summed E-state index contributed by atoms with van der Waals surface area (Å²) in [5, 5.41) is 2.85. The molecule has 0 radical (unpaired) electrons. The Labute approximate surface area is 166 Å². The van der Waals surface area contributed by atoms with Crippen molar-refractivity contribution < 1.29 is 19.0 Å². The minimum atomic E-state index is -0.256. The number of benzene rings is 3. The first-order valence-electron chi connectivity index (χ1n) is 8.15. The Morgan fingerprint density at radius 3 is 1.81 bits per heavy atom. The molecule has 0 aliphatic heterocycles. The summed E-state index contributed by atoms with van der Waals surface area (Å²) in [4.78, 5) is 12.5. The molecule has 3 rings (SSSR count). The molecule has 0 unspecified atom stereocenters. The van der Waals surface area contributed by atoms with Gasteiger partial charge in [0.1, 0.15) is 23.0 Å². The molecular formula is C21H18BrNO4. The fourth-order valence-electron chi connectivity index (χ4n) is 2.39. The van der Waals surface area contributed by atoms with Crippen LogP contribution in [0.5, 0.6) is 23.0 Å². The Morgan fingerprint density at radius 1 is 0.778 bits per heavy atom. The van der Waals surface area contributed by atoms with Gasteiger partial charge in [0.2, 0.25) is 0 Å². The van der Waals surface area contributed by atoms with E-state index in [1.165, 1.54) is 0 Å².